The third kappa shape index (κ3) is 4.70. The van der Waals surface area contributed by atoms with Gasteiger partial charge in [-0.3, -0.25) is 0 Å². The first-order chi connectivity index (χ1) is 17.3. The second-order valence-electron chi connectivity index (χ2n) is 10.8. The average Bonchev–Trinajstić information content (AvgIpc) is 3.50. The third-order valence-electron chi connectivity index (χ3n) is 8.23. The molecule has 0 N–H and O–H groups in total. The second-order valence-corrected chi connectivity index (χ2v) is 10.8. The maximum absolute atomic E-state index is 12.7. The zero-order valence-electron chi connectivity index (χ0n) is 21.2. The van der Waals surface area contributed by atoms with Gasteiger partial charge < -0.3 is 18.9 Å². The van der Waals surface area contributed by atoms with Gasteiger partial charge in [0.2, 0.25) is 0 Å². The van der Waals surface area contributed by atoms with Crippen LogP contribution in [0.25, 0.3) is 0 Å². The van der Waals surface area contributed by atoms with Crippen LogP contribution in [0.3, 0.4) is 0 Å². The fourth-order valence-electron chi connectivity index (χ4n) is 6.68. The summed E-state index contributed by atoms with van der Waals surface area (Å²) in [5, 5.41) is 0. The molecule has 192 valence electrons. The standard InChI is InChI=1S/C30H36O6/c1-17(2)29(31)35-24-16-21-22-15-23(25(21)28(24)34-20-13-9-6-10-14-20)27(36-30(32)18(3)4)26(22)33-19-11-7-5-8-12-19/h5-7,9,11,13,21-28H,1,3,8,10,12,14-16H2,2,4H3. The molecule has 0 aromatic rings. The average molecular weight is 493 g/mol. The van der Waals surface area contributed by atoms with E-state index < -0.39 is 18.0 Å². The summed E-state index contributed by atoms with van der Waals surface area (Å²) in [6.45, 7) is 10.9. The Balaban J connectivity index is 1.44. The molecule has 0 aliphatic heterocycles. The predicted octanol–water partition coefficient (Wildman–Crippen LogP) is 5.49. The number of hydrogen-bond acceptors (Lipinski definition) is 6. The molecule has 8 atom stereocenters. The molecule has 3 saturated carbocycles. The first-order valence-electron chi connectivity index (χ1n) is 13.1. The zero-order chi connectivity index (χ0) is 25.4. The summed E-state index contributed by atoms with van der Waals surface area (Å²) in [5.74, 6) is 1.66. The Labute approximate surface area is 213 Å². The first-order valence-corrected chi connectivity index (χ1v) is 13.1. The molecule has 5 rings (SSSR count). The van der Waals surface area contributed by atoms with E-state index >= 15 is 0 Å². The lowest BCUT2D eigenvalue weighted by Crippen LogP contribution is -2.47. The van der Waals surface area contributed by atoms with Crippen molar-refractivity contribution in [1.29, 1.82) is 0 Å². The van der Waals surface area contributed by atoms with Crippen molar-refractivity contribution in [1.82, 2.24) is 0 Å². The molecule has 6 heteroatoms. The lowest BCUT2D eigenvalue weighted by atomic mass is 9.77. The molecule has 3 fully saturated rings. The number of allylic oxidation sites excluding steroid dienone is 8. The van der Waals surface area contributed by atoms with Gasteiger partial charge in [-0.25, -0.2) is 9.59 Å². The van der Waals surface area contributed by atoms with Gasteiger partial charge in [-0.05, 0) is 57.6 Å². The van der Waals surface area contributed by atoms with E-state index in [1.807, 2.05) is 24.3 Å². The van der Waals surface area contributed by atoms with Gasteiger partial charge in [-0.1, -0.05) is 37.5 Å². The Bertz CT molecular complexity index is 1060. The zero-order valence-corrected chi connectivity index (χ0v) is 21.2. The van der Waals surface area contributed by atoms with Crippen molar-refractivity contribution in [3.05, 3.63) is 72.3 Å². The summed E-state index contributed by atoms with van der Waals surface area (Å²) in [7, 11) is 0. The van der Waals surface area contributed by atoms with E-state index in [0.717, 1.165) is 43.6 Å². The number of rotatable bonds is 8. The molecule has 0 amide bonds. The van der Waals surface area contributed by atoms with Crippen LogP contribution in [0.15, 0.2) is 72.3 Å². The van der Waals surface area contributed by atoms with Crippen molar-refractivity contribution in [2.24, 2.45) is 23.7 Å². The molecule has 0 spiro atoms. The van der Waals surface area contributed by atoms with E-state index in [4.69, 9.17) is 18.9 Å². The van der Waals surface area contributed by atoms with E-state index in [1.165, 1.54) is 0 Å². The molecule has 8 unspecified atom stereocenters. The summed E-state index contributed by atoms with van der Waals surface area (Å²) in [6, 6.07) is 0. The van der Waals surface area contributed by atoms with E-state index in [0.29, 0.717) is 17.6 Å². The van der Waals surface area contributed by atoms with Crippen molar-refractivity contribution in [2.45, 2.75) is 76.8 Å². The highest BCUT2D eigenvalue weighted by Crippen LogP contribution is 2.62. The first kappa shape index (κ1) is 24.7. The summed E-state index contributed by atoms with van der Waals surface area (Å²) in [6.07, 6.45) is 16.1. The third-order valence-corrected chi connectivity index (χ3v) is 8.23. The fraction of sp³-hybridized carbons (Fsp3) is 0.533. The topological polar surface area (TPSA) is 71.1 Å². The quantitative estimate of drug-likeness (QED) is 0.330. The fourth-order valence-corrected chi connectivity index (χ4v) is 6.68. The number of carbonyl (C=O) groups is 2. The van der Waals surface area contributed by atoms with Gasteiger partial charge in [0.05, 0.1) is 11.5 Å². The number of carbonyl (C=O) groups excluding carboxylic acids is 2. The van der Waals surface area contributed by atoms with Crippen LogP contribution in [0.5, 0.6) is 0 Å². The number of ether oxygens (including phenoxy) is 4. The van der Waals surface area contributed by atoms with Crippen LogP contribution in [0, 0.1) is 23.7 Å². The number of esters is 2. The molecule has 2 bridgehead atoms. The summed E-state index contributed by atoms with van der Waals surface area (Å²) < 4.78 is 25.1. The largest absolute Gasteiger partial charge is 0.491 e. The number of fused-ring (bicyclic) bond motifs is 5. The van der Waals surface area contributed by atoms with Gasteiger partial charge >= 0.3 is 11.9 Å². The summed E-state index contributed by atoms with van der Waals surface area (Å²) in [4.78, 5) is 25.2. The Kier molecular flexibility index (Phi) is 6.96. The molecule has 5 aliphatic carbocycles. The highest BCUT2D eigenvalue weighted by molar-refractivity contribution is 5.87. The van der Waals surface area contributed by atoms with Crippen molar-refractivity contribution < 1.29 is 28.5 Å². The minimum absolute atomic E-state index is 0.0614. The molecular weight excluding hydrogens is 456 g/mol. The van der Waals surface area contributed by atoms with Crippen LogP contribution in [-0.4, -0.2) is 36.4 Å². The van der Waals surface area contributed by atoms with Crippen LogP contribution in [-0.2, 0) is 28.5 Å². The van der Waals surface area contributed by atoms with Gasteiger partial charge in [0, 0.05) is 41.7 Å². The van der Waals surface area contributed by atoms with Crippen molar-refractivity contribution >= 4 is 11.9 Å². The van der Waals surface area contributed by atoms with Crippen molar-refractivity contribution in [3.8, 4) is 0 Å². The van der Waals surface area contributed by atoms with Crippen LogP contribution >= 0.6 is 0 Å². The highest BCUT2D eigenvalue weighted by atomic mass is 16.6. The van der Waals surface area contributed by atoms with E-state index in [9.17, 15) is 9.59 Å². The Morgan fingerprint density at radius 3 is 1.89 bits per heavy atom. The van der Waals surface area contributed by atoms with Gasteiger partial charge in [-0.15, -0.1) is 0 Å². The van der Waals surface area contributed by atoms with E-state index in [-0.39, 0.29) is 42.0 Å². The smallest absolute Gasteiger partial charge is 0.333 e. The van der Waals surface area contributed by atoms with Crippen LogP contribution < -0.4 is 0 Å². The normalized spacial score (nSPS) is 35.9. The van der Waals surface area contributed by atoms with Crippen molar-refractivity contribution in [2.75, 3.05) is 0 Å². The van der Waals surface area contributed by atoms with Crippen LogP contribution in [0.2, 0.25) is 0 Å². The Hall–Kier alpha value is -3.02. The minimum atomic E-state index is -0.394. The van der Waals surface area contributed by atoms with E-state index in [1.54, 1.807) is 13.8 Å². The van der Waals surface area contributed by atoms with Gasteiger partial charge in [0.25, 0.3) is 0 Å². The molecule has 5 aliphatic rings. The summed E-state index contributed by atoms with van der Waals surface area (Å²) >= 11 is 0. The lowest BCUT2D eigenvalue weighted by Gasteiger charge is -2.39. The Morgan fingerprint density at radius 2 is 1.33 bits per heavy atom. The van der Waals surface area contributed by atoms with Gasteiger partial charge in [-0.2, -0.15) is 0 Å². The molecule has 0 radical (unpaired) electrons. The maximum Gasteiger partial charge on any atom is 0.333 e. The van der Waals surface area contributed by atoms with Gasteiger partial charge in [0.1, 0.15) is 24.4 Å². The lowest BCUT2D eigenvalue weighted by molar-refractivity contribution is -0.162. The van der Waals surface area contributed by atoms with Crippen LogP contribution in [0.4, 0.5) is 0 Å². The monoisotopic (exact) mass is 492 g/mol. The number of hydrogen-bond donors (Lipinski definition) is 0. The maximum atomic E-state index is 12.7. The molecule has 6 nitrogen and oxygen atoms in total. The SMILES string of the molecule is C=C(C)C(=O)OC1CC2C3CC(C(OC(=O)C(=C)C)C3OC3=CC=CCC3)C2C1OC1=CC=CCC1. The second kappa shape index (κ2) is 10.2. The molecule has 36 heavy (non-hydrogen) atoms. The minimum Gasteiger partial charge on any atom is -0.491 e. The summed E-state index contributed by atoms with van der Waals surface area (Å²) in [5.41, 5.74) is 0.750. The molecular formula is C30H36O6. The predicted molar refractivity (Wildman–Crippen MR) is 135 cm³/mol. The highest BCUT2D eigenvalue weighted by Gasteiger charge is 2.67. The Morgan fingerprint density at radius 1 is 0.750 bits per heavy atom. The molecule has 0 saturated heterocycles. The molecule has 0 heterocycles. The molecule has 0 aromatic heterocycles. The van der Waals surface area contributed by atoms with Gasteiger partial charge in [0.15, 0.2) is 0 Å². The molecule has 0 aromatic carbocycles. The van der Waals surface area contributed by atoms with Crippen molar-refractivity contribution in [3.63, 3.8) is 0 Å². The van der Waals surface area contributed by atoms with Crippen LogP contribution in [0.1, 0.15) is 52.4 Å². The van der Waals surface area contributed by atoms with E-state index in [2.05, 4.69) is 25.3 Å².